The van der Waals surface area contributed by atoms with E-state index < -0.39 is 16.5 Å². The highest BCUT2D eigenvalue weighted by Crippen LogP contribution is 2.28. The molecule has 0 aromatic heterocycles. The van der Waals surface area contributed by atoms with E-state index in [1.54, 1.807) is 10.4 Å². The molecule has 1 fully saturated rings. The fourth-order valence-electron chi connectivity index (χ4n) is 4.35. The maximum atomic E-state index is 2.84. The minimum atomic E-state index is -1.56. The van der Waals surface area contributed by atoms with Gasteiger partial charge in [-0.2, -0.15) is 0 Å². The van der Waals surface area contributed by atoms with Crippen molar-refractivity contribution in [2.75, 3.05) is 13.1 Å². The van der Waals surface area contributed by atoms with Gasteiger partial charge in [0.1, 0.15) is 0 Å². The number of benzene rings is 1. The highest BCUT2D eigenvalue weighted by Gasteiger charge is 2.50. The van der Waals surface area contributed by atoms with E-state index in [2.05, 4.69) is 72.7 Å². The van der Waals surface area contributed by atoms with Crippen molar-refractivity contribution < 1.29 is 0 Å². The molecular formula is C18H30N2Si2. The quantitative estimate of drug-likeness (QED) is 0.769. The second-order valence-corrected chi connectivity index (χ2v) is 16.6. The first kappa shape index (κ1) is 15.9. The zero-order chi connectivity index (χ0) is 16.0. The summed E-state index contributed by atoms with van der Waals surface area (Å²) >= 11 is 0. The minimum absolute atomic E-state index is 1.24. The Labute approximate surface area is 138 Å². The summed E-state index contributed by atoms with van der Waals surface area (Å²) in [5, 5.41) is 3.32. The smallest absolute Gasteiger partial charge is 0.173 e. The molecule has 120 valence electrons. The third-order valence-corrected chi connectivity index (χ3v) is 15.4. The first-order valence-electron chi connectivity index (χ1n) is 8.68. The normalized spacial score (nSPS) is 23.6. The second-order valence-electron chi connectivity index (χ2n) is 7.85. The van der Waals surface area contributed by atoms with E-state index >= 15 is 0 Å². The average Bonchev–Trinajstić information content (AvgIpc) is 2.66. The molecule has 3 rings (SSSR count). The molecule has 4 heteroatoms. The first-order valence-corrected chi connectivity index (χ1v) is 14.6. The largest absolute Gasteiger partial charge is 0.422 e. The number of nitrogens with zero attached hydrogens (tertiary/aromatic N) is 2. The predicted octanol–water partition coefficient (Wildman–Crippen LogP) is 3.17. The third-order valence-electron chi connectivity index (χ3n) is 5.62. The standard InChI is InChI=1S/C18H30N2Si2/c1-16(19-13-9-6-10-14-19)15-20-21(2,3)17-11-7-8-12-18(17)22(20,4)5/h7-8,11-12,15H,6,9-10,13-14H2,1-5H3/b16-15-. The Morgan fingerprint density at radius 1 is 0.909 bits per heavy atom. The summed E-state index contributed by atoms with van der Waals surface area (Å²) in [6.45, 7) is 14.9. The highest BCUT2D eigenvalue weighted by atomic mass is 28.4. The van der Waals surface area contributed by atoms with E-state index in [-0.39, 0.29) is 0 Å². The van der Waals surface area contributed by atoms with Crippen molar-refractivity contribution in [3.05, 3.63) is 36.2 Å². The first-order chi connectivity index (χ1) is 10.3. The van der Waals surface area contributed by atoms with E-state index in [9.17, 15) is 0 Å². The van der Waals surface area contributed by atoms with Crippen LogP contribution in [0.3, 0.4) is 0 Å². The summed E-state index contributed by atoms with van der Waals surface area (Å²) in [7, 11) is -3.12. The summed E-state index contributed by atoms with van der Waals surface area (Å²) < 4.78 is 2.84. The molecule has 0 bridgehead atoms. The lowest BCUT2D eigenvalue weighted by Gasteiger charge is -2.41. The number of likely N-dealkylation sites (tertiary alicyclic amines) is 1. The van der Waals surface area contributed by atoms with Gasteiger partial charge in [0, 0.05) is 25.0 Å². The van der Waals surface area contributed by atoms with Crippen LogP contribution in [0.1, 0.15) is 26.2 Å². The fraction of sp³-hybridized carbons (Fsp3) is 0.556. The number of allylic oxidation sites excluding steroid dienone is 1. The van der Waals surface area contributed by atoms with Gasteiger partial charge in [0.15, 0.2) is 16.5 Å². The molecule has 1 aromatic rings. The van der Waals surface area contributed by atoms with Crippen molar-refractivity contribution in [3.63, 3.8) is 0 Å². The summed E-state index contributed by atoms with van der Waals surface area (Å²) in [5.74, 6) is 0. The zero-order valence-corrected chi connectivity index (χ0v) is 16.8. The summed E-state index contributed by atoms with van der Waals surface area (Å²) in [6, 6.07) is 9.23. The second kappa shape index (κ2) is 5.57. The number of hydrogen-bond donors (Lipinski definition) is 0. The Balaban J connectivity index is 1.97. The Morgan fingerprint density at radius 2 is 1.41 bits per heavy atom. The average molecular weight is 331 g/mol. The molecule has 0 amide bonds. The molecular weight excluding hydrogens is 300 g/mol. The molecule has 0 unspecified atom stereocenters. The van der Waals surface area contributed by atoms with Crippen LogP contribution < -0.4 is 10.4 Å². The minimum Gasteiger partial charge on any atom is -0.422 e. The molecule has 0 spiro atoms. The number of hydrogen-bond acceptors (Lipinski definition) is 2. The molecule has 1 saturated heterocycles. The lowest BCUT2D eigenvalue weighted by molar-refractivity contribution is 0.283. The van der Waals surface area contributed by atoms with Crippen molar-refractivity contribution in [2.24, 2.45) is 0 Å². The Morgan fingerprint density at radius 3 is 1.91 bits per heavy atom. The van der Waals surface area contributed by atoms with Crippen LogP contribution in [0.4, 0.5) is 0 Å². The number of fused-ring (bicyclic) bond motifs is 1. The van der Waals surface area contributed by atoms with E-state index in [1.807, 2.05) is 0 Å². The SMILES string of the molecule is C/C(=C/N1[Si](C)(C)c2ccccc2[Si]1(C)C)N1CCCCC1. The Kier molecular flexibility index (Phi) is 4.02. The van der Waals surface area contributed by atoms with E-state index in [0.717, 1.165) is 0 Å². The van der Waals surface area contributed by atoms with Crippen molar-refractivity contribution in [1.29, 1.82) is 0 Å². The van der Waals surface area contributed by atoms with Gasteiger partial charge in [-0.15, -0.1) is 0 Å². The van der Waals surface area contributed by atoms with E-state index in [0.29, 0.717) is 0 Å². The predicted molar refractivity (Wildman–Crippen MR) is 102 cm³/mol. The Bertz CT molecular complexity index is 552. The highest BCUT2D eigenvalue weighted by molar-refractivity contribution is 7.10. The molecule has 2 nitrogen and oxygen atoms in total. The zero-order valence-electron chi connectivity index (χ0n) is 14.8. The van der Waals surface area contributed by atoms with Gasteiger partial charge < -0.3 is 9.13 Å². The number of piperidine rings is 1. The van der Waals surface area contributed by atoms with Gasteiger partial charge >= 0.3 is 0 Å². The summed E-state index contributed by atoms with van der Waals surface area (Å²) in [6.07, 6.45) is 6.64. The molecule has 1 aromatic carbocycles. The molecule has 2 aliphatic rings. The van der Waals surface area contributed by atoms with Crippen LogP contribution in [0.5, 0.6) is 0 Å². The molecule has 0 radical (unpaired) electrons. The molecule has 0 aliphatic carbocycles. The molecule has 2 heterocycles. The van der Waals surface area contributed by atoms with Crippen molar-refractivity contribution in [1.82, 2.24) is 9.13 Å². The van der Waals surface area contributed by atoms with Gasteiger partial charge in [0.25, 0.3) is 0 Å². The van der Waals surface area contributed by atoms with Gasteiger partial charge in [-0.25, -0.2) is 0 Å². The maximum absolute atomic E-state index is 2.84. The van der Waals surface area contributed by atoms with Gasteiger partial charge in [0.05, 0.1) is 0 Å². The van der Waals surface area contributed by atoms with Crippen LogP contribution in [-0.4, -0.2) is 38.7 Å². The lowest BCUT2D eigenvalue weighted by atomic mass is 10.1. The van der Waals surface area contributed by atoms with Gasteiger partial charge in [-0.3, -0.25) is 0 Å². The molecule has 0 N–H and O–H groups in total. The molecule has 22 heavy (non-hydrogen) atoms. The van der Waals surface area contributed by atoms with Crippen LogP contribution in [0.15, 0.2) is 36.2 Å². The van der Waals surface area contributed by atoms with Gasteiger partial charge in [0.2, 0.25) is 0 Å². The van der Waals surface area contributed by atoms with E-state index in [4.69, 9.17) is 0 Å². The molecule has 2 aliphatic heterocycles. The maximum Gasteiger partial charge on any atom is 0.173 e. The van der Waals surface area contributed by atoms with Crippen LogP contribution in [-0.2, 0) is 0 Å². The summed E-state index contributed by atoms with van der Waals surface area (Å²) in [4.78, 5) is 2.60. The Hall–Kier alpha value is -1.01. The van der Waals surface area contributed by atoms with Crippen LogP contribution >= 0.6 is 0 Å². The fourth-order valence-corrected chi connectivity index (χ4v) is 16.5. The van der Waals surface area contributed by atoms with Gasteiger partial charge in [-0.05, 0) is 62.7 Å². The van der Waals surface area contributed by atoms with Crippen LogP contribution in [0.2, 0.25) is 26.2 Å². The van der Waals surface area contributed by atoms with Crippen LogP contribution in [0, 0.1) is 0 Å². The lowest BCUT2D eigenvalue weighted by Crippen LogP contribution is -2.57. The topological polar surface area (TPSA) is 6.48 Å². The number of rotatable bonds is 2. The monoisotopic (exact) mass is 330 g/mol. The van der Waals surface area contributed by atoms with Crippen molar-refractivity contribution in [2.45, 2.75) is 52.4 Å². The molecule has 0 atom stereocenters. The van der Waals surface area contributed by atoms with Crippen molar-refractivity contribution in [3.8, 4) is 0 Å². The van der Waals surface area contributed by atoms with Crippen LogP contribution in [0.25, 0.3) is 0 Å². The van der Waals surface area contributed by atoms with Crippen molar-refractivity contribution >= 4 is 26.8 Å². The van der Waals surface area contributed by atoms with Gasteiger partial charge in [-0.1, -0.05) is 24.3 Å². The molecule has 0 saturated carbocycles. The van der Waals surface area contributed by atoms with E-state index in [1.165, 1.54) is 38.0 Å². The third kappa shape index (κ3) is 2.46. The summed E-state index contributed by atoms with van der Waals surface area (Å²) in [5.41, 5.74) is 1.48.